The van der Waals surface area contributed by atoms with Crippen molar-refractivity contribution < 1.29 is 4.57 Å². The number of hydrogen-bond acceptors (Lipinski definition) is 4. The Bertz CT molecular complexity index is 2930. The van der Waals surface area contributed by atoms with Gasteiger partial charge in [-0.2, -0.15) is 0 Å². The molecule has 0 spiro atoms. The summed E-state index contributed by atoms with van der Waals surface area (Å²) in [6.07, 6.45) is 6.77. The maximum atomic E-state index is 14.8. The van der Waals surface area contributed by atoms with E-state index in [4.69, 9.17) is 4.98 Å². The largest absolute Gasteiger partial charge is 0.309 e. The highest BCUT2D eigenvalue weighted by molar-refractivity contribution is 7.85. The van der Waals surface area contributed by atoms with E-state index >= 15 is 0 Å². The molecule has 0 N–H and O–H groups in total. The summed E-state index contributed by atoms with van der Waals surface area (Å²) in [6.45, 7) is 0. The average Bonchev–Trinajstić information content (AvgIpc) is 3.61. The van der Waals surface area contributed by atoms with Crippen molar-refractivity contribution in [1.82, 2.24) is 19.4 Å². The summed E-state index contributed by atoms with van der Waals surface area (Å²) in [5, 5.41) is 8.27. The highest BCUT2D eigenvalue weighted by Crippen LogP contribution is 2.43. The van der Waals surface area contributed by atoms with Gasteiger partial charge in [0.2, 0.25) is 0 Å². The Labute approximate surface area is 293 Å². The highest BCUT2D eigenvalue weighted by Gasteiger charge is 2.29. The van der Waals surface area contributed by atoms with Gasteiger partial charge in [0, 0.05) is 51.5 Å². The predicted octanol–water partition coefficient (Wildman–Crippen LogP) is 9.71. The number of imidazole rings is 1. The van der Waals surface area contributed by atoms with Crippen LogP contribution >= 0.6 is 7.14 Å². The van der Waals surface area contributed by atoms with Crippen molar-refractivity contribution in [2.75, 3.05) is 0 Å². The summed E-state index contributed by atoms with van der Waals surface area (Å²) in [5.41, 5.74) is 8.61. The molecule has 240 valence electrons. The minimum atomic E-state index is -3.10. The SMILES string of the molecule is O=P(c1ccncc1)(c1ccncc1)c1ccc(-c2ccc(-c3ccc4c5ccc6ccccc6c5c5nc6ccccc6n5c4c3)cc2)cc1. The van der Waals surface area contributed by atoms with Crippen LogP contribution in [0.4, 0.5) is 0 Å². The lowest BCUT2D eigenvalue weighted by molar-refractivity contribution is 0.592. The van der Waals surface area contributed by atoms with E-state index < -0.39 is 7.14 Å². The normalized spacial score (nSPS) is 12.0. The van der Waals surface area contributed by atoms with Crippen LogP contribution < -0.4 is 15.9 Å². The number of pyridine rings is 3. The number of benzene rings is 6. The zero-order valence-corrected chi connectivity index (χ0v) is 28.3. The molecule has 4 aromatic heterocycles. The van der Waals surface area contributed by atoms with Crippen LogP contribution in [0.5, 0.6) is 0 Å². The first-order valence-electron chi connectivity index (χ1n) is 16.9. The van der Waals surface area contributed by atoms with Crippen LogP contribution in [0.2, 0.25) is 0 Å². The fraction of sp³-hybridized carbons (Fsp3) is 0. The summed E-state index contributed by atoms with van der Waals surface area (Å²) in [6, 6.07) is 52.3. The zero-order valence-electron chi connectivity index (χ0n) is 27.4. The second-order valence-electron chi connectivity index (χ2n) is 12.8. The number of hydrogen-bond donors (Lipinski definition) is 0. The minimum absolute atomic E-state index is 0.749. The Hall–Kier alpha value is -6.42. The van der Waals surface area contributed by atoms with E-state index in [-0.39, 0.29) is 0 Å². The summed E-state index contributed by atoms with van der Waals surface area (Å²) < 4.78 is 17.1. The third kappa shape index (κ3) is 4.63. The molecule has 0 bridgehead atoms. The second kappa shape index (κ2) is 11.6. The highest BCUT2D eigenvalue weighted by atomic mass is 31.2. The molecule has 0 radical (unpaired) electrons. The number of rotatable bonds is 5. The van der Waals surface area contributed by atoms with Crippen LogP contribution in [0.15, 0.2) is 176 Å². The zero-order chi connectivity index (χ0) is 33.9. The molecule has 10 aromatic rings. The summed E-state index contributed by atoms with van der Waals surface area (Å²) in [5.74, 6) is 0. The van der Waals surface area contributed by atoms with Crippen molar-refractivity contribution in [1.29, 1.82) is 0 Å². The van der Waals surface area contributed by atoms with Crippen LogP contribution in [0.3, 0.4) is 0 Å². The molecule has 0 aliphatic heterocycles. The van der Waals surface area contributed by atoms with Crippen molar-refractivity contribution in [3.8, 4) is 22.3 Å². The lowest BCUT2D eigenvalue weighted by Crippen LogP contribution is -2.25. The lowest BCUT2D eigenvalue weighted by atomic mass is 9.96. The van der Waals surface area contributed by atoms with Crippen LogP contribution in [0.25, 0.3) is 71.4 Å². The quantitative estimate of drug-likeness (QED) is 0.135. The van der Waals surface area contributed by atoms with Gasteiger partial charge in [-0.25, -0.2) is 4.98 Å². The van der Waals surface area contributed by atoms with E-state index in [1.54, 1.807) is 24.8 Å². The molecule has 0 saturated heterocycles. The molecule has 0 amide bonds. The molecular weight excluding hydrogens is 643 g/mol. The average molecular weight is 673 g/mol. The Balaban J connectivity index is 1.06. The summed E-state index contributed by atoms with van der Waals surface area (Å²) >= 11 is 0. The van der Waals surface area contributed by atoms with Crippen LogP contribution in [0, 0.1) is 0 Å². The number of nitrogens with zero attached hydrogens (tertiary/aromatic N) is 4. The van der Waals surface area contributed by atoms with E-state index in [0.29, 0.717) is 0 Å². The summed E-state index contributed by atoms with van der Waals surface area (Å²) in [7, 11) is -3.10. The van der Waals surface area contributed by atoms with Crippen molar-refractivity contribution in [2.24, 2.45) is 0 Å². The maximum absolute atomic E-state index is 14.8. The Kier molecular flexibility index (Phi) is 6.70. The van der Waals surface area contributed by atoms with E-state index in [0.717, 1.165) is 60.4 Å². The van der Waals surface area contributed by atoms with Gasteiger partial charge in [0.25, 0.3) is 0 Å². The van der Waals surface area contributed by atoms with Crippen molar-refractivity contribution >= 4 is 72.2 Å². The van der Waals surface area contributed by atoms with Gasteiger partial charge in [0.05, 0.1) is 16.6 Å². The Morgan fingerprint density at radius 1 is 0.451 bits per heavy atom. The second-order valence-corrected chi connectivity index (χ2v) is 15.6. The predicted molar refractivity (Wildman–Crippen MR) is 211 cm³/mol. The maximum Gasteiger partial charge on any atom is 0.171 e. The Morgan fingerprint density at radius 2 is 1.00 bits per heavy atom. The first-order valence-corrected chi connectivity index (χ1v) is 18.6. The van der Waals surface area contributed by atoms with Gasteiger partial charge in [-0.15, -0.1) is 0 Å². The number of fused-ring (bicyclic) bond motifs is 10. The molecule has 0 unspecified atom stereocenters. The number of para-hydroxylation sites is 2. The molecule has 0 fully saturated rings. The fourth-order valence-corrected chi connectivity index (χ4v) is 10.1. The van der Waals surface area contributed by atoms with Crippen LogP contribution in [-0.2, 0) is 4.57 Å². The van der Waals surface area contributed by atoms with Crippen LogP contribution in [0.1, 0.15) is 0 Å². The monoisotopic (exact) mass is 672 g/mol. The molecule has 6 heteroatoms. The van der Waals surface area contributed by atoms with Gasteiger partial charge in [-0.1, -0.05) is 109 Å². The van der Waals surface area contributed by atoms with Gasteiger partial charge >= 0.3 is 0 Å². The molecule has 4 heterocycles. The van der Waals surface area contributed by atoms with E-state index in [1.165, 1.54) is 26.9 Å². The van der Waals surface area contributed by atoms with Crippen LogP contribution in [-0.4, -0.2) is 19.4 Å². The van der Waals surface area contributed by atoms with Gasteiger partial charge in [-0.3, -0.25) is 14.4 Å². The van der Waals surface area contributed by atoms with Gasteiger partial charge < -0.3 is 4.57 Å². The third-order valence-electron chi connectivity index (χ3n) is 10.1. The number of aromatic nitrogens is 4. The molecule has 0 saturated carbocycles. The van der Waals surface area contributed by atoms with Crippen molar-refractivity contribution in [3.05, 3.63) is 176 Å². The topological polar surface area (TPSA) is 60.2 Å². The molecule has 0 aliphatic carbocycles. The molecule has 51 heavy (non-hydrogen) atoms. The molecule has 5 nitrogen and oxygen atoms in total. The van der Waals surface area contributed by atoms with Gasteiger partial charge in [-0.05, 0) is 80.9 Å². The van der Waals surface area contributed by atoms with E-state index in [2.05, 4.69) is 130 Å². The molecule has 6 aromatic carbocycles. The lowest BCUT2D eigenvalue weighted by Gasteiger charge is -2.20. The standard InChI is InChI=1S/C45H29N4OP/c50-51(36-21-25-46-26-22-36,37-23-27-47-28-24-37)35-17-13-31(14-18-35)30-9-11-32(12-10-30)34-16-19-39-40-20-15-33-5-1-2-6-38(33)44(40)45-48-41-7-3-4-8-42(41)49(45)43(39)29-34/h1-29H. The first kappa shape index (κ1) is 29.5. The van der Waals surface area contributed by atoms with Crippen molar-refractivity contribution in [3.63, 3.8) is 0 Å². The molecule has 0 aliphatic rings. The molecule has 0 atom stereocenters. The minimum Gasteiger partial charge on any atom is -0.309 e. The summed E-state index contributed by atoms with van der Waals surface area (Å²) in [4.78, 5) is 13.5. The Morgan fingerprint density at radius 3 is 1.71 bits per heavy atom. The molecular formula is C45H29N4OP. The van der Waals surface area contributed by atoms with Gasteiger partial charge in [0.15, 0.2) is 7.14 Å². The smallest absolute Gasteiger partial charge is 0.171 e. The fourth-order valence-electron chi connectivity index (χ4n) is 7.57. The van der Waals surface area contributed by atoms with Crippen molar-refractivity contribution in [2.45, 2.75) is 0 Å². The third-order valence-corrected chi connectivity index (χ3v) is 13.2. The van der Waals surface area contributed by atoms with Gasteiger partial charge in [0.1, 0.15) is 5.65 Å². The van der Waals surface area contributed by atoms with E-state index in [1.807, 2.05) is 36.4 Å². The van der Waals surface area contributed by atoms with E-state index in [9.17, 15) is 4.57 Å². The molecule has 10 rings (SSSR count). The first-order chi connectivity index (χ1) is 25.2.